The molecule has 154 valence electrons. The van der Waals surface area contributed by atoms with Gasteiger partial charge in [0.1, 0.15) is 0 Å². The molecule has 4 saturated carbocycles. The lowest BCUT2D eigenvalue weighted by atomic mass is 9.68. The van der Waals surface area contributed by atoms with Crippen LogP contribution in [-0.2, 0) is 9.09 Å². The van der Waals surface area contributed by atoms with Crippen LogP contribution in [0.2, 0.25) is 0 Å². The highest BCUT2D eigenvalue weighted by molar-refractivity contribution is 7.60. The van der Waals surface area contributed by atoms with Crippen LogP contribution >= 0.6 is 7.37 Å². The van der Waals surface area contributed by atoms with Crippen molar-refractivity contribution in [2.75, 3.05) is 0 Å². The van der Waals surface area contributed by atoms with E-state index in [1.165, 1.54) is 32.1 Å². The molecule has 5 heteroatoms. The number of fused-ring (bicyclic) bond motifs is 4. The van der Waals surface area contributed by atoms with Gasteiger partial charge in [-0.25, -0.2) is 0 Å². The standard InChI is InChI=1S/C22H37O4P/c23-18-13-21(22(24)17-10-2-1-7-14(17)18)27(25)20-12-6-4-9-16(20)15-8-3-5-11-19(15)26-27/h14-24H,1-13H2. The van der Waals surface area contributed by atoms with Gasteiger partial charge in [0, 0.05) is 5.66 Å². The van der Waals surface area contributed by atoms with Gasteiger partial charge in [-0.15, -0.1) is 0 Å². The SMILES string of the molecule is O=P1(C2CC(O)C3CCCCC3C2O)OC2CCCCC2C2CCCCC21. The quantitative estimate of drug-likeness (QED) is 0.630. The Labute approximate surface area is 163 Å². The average Bonchev–Trinajstić information content (AvgIpc) is 2.71. The zero-order chi connectivity index (χ0) is 18.6. The fraction of sp³-hybridized carbons (Fsp3) is 1.00. The summed E-state index contributed by atoms with van der Waals surface area (Å²) in [7, 11) is -2.98. The van der Waals surface area contributed by atoms with E-state index in [1.54, 1.807) is 0 Å². The molecule has 4 aliphatic carbocycles. The molecule has 5 aliphatic rings. The Hall–Kier alpha value is 0.110. The molecular weight excluding hydrogens is 359 g/mol. The average molecular weight is 397 g/mol. The Kier molecular flexibility index (Phi) is 5.25. The van der Waals surface area contributed by atoms with Gasteiger partial charge in [0.15, 0.2) is 0 Å². The van der Waals surface area contributed by atoms with Gasteiger partial charge in [0.25, 0.3) is 0 Å². The summed E-state index contributed by atoms with van der Waals surface area (Å²) in [6, 6.07) is 0. The predicted molar refractivity (Wildman–Crippen MR) is 106 cm³/mol. The van der Waals surface area contributed by atoms with Crippen LogP contribution in [0.5, 0.6) is 0 Å². The molecule has 10 unspecified atom stereocenters. The van der Waals surface area contributed by atoms with Gasteiger partial charge in [0.2, 0.25) is 7.37 Å². The normalized spacial score (nSPS) is 55.9. The van der Waals surface area contributed by atoms with Crippen molar-refractivity contribution in [1.29, 1.82) is 0 Å². The Balaban J connectivity index is 1.47. The molecule has 0 radical (unpaired) electrons. The van der Waals surface area contributed by atoms with E-state index in [0.29, 0.717) is 18.3 Å². The van der Waals surface area contributed by atoms with Crippen LogP contribution in [0.4, 0.5) is 0 Å². The van der Waals surface area contributed by atoms with Crippen LogP contribution in [0.25, 0.3) is 0 Å². The predicted octanol–water partition coefficient (Wildman–Crippen LogP) is 4.71. The third-order valence-corrected chi connectivity index (χ3v) is 12.6. The minimum absolute atomic E-state index is 0.119. The highest BCUT2D eigenvalue weighted by Crippen LogP contribution is 2.71. The van der Waals surface area contributed by atoms with E-state index in [1.807, 2.05) is 0 Å². The van der Waals surface area contributed by atoms with Gasteiger partial charge in [-0.05, 0) is 68.6 Å². The van der Waals surface area contributed by atoms with Crippen molar-refractivity contribution in [2.24, 2.45) is 23.7 Å². The van der Waals surface area contributed by atoms with Crippen molar-refractivity contribution in [3.63, 3.8) is 0 Å². The number of hydrogen-bond donors (Lipinski definition) is 2. The molecule has 5 fully saturated rings. The van der Waals surface area contributed by atoms with Crippen LogP contribution in [0, 0.1) is 23.7 Å². The summed E-state index contributed by atoms with van der Waals surface area (Å²) < 4.78 is 21.1. The first-order valence-corrected chi connectivity index (χ1v) is 13.5. The lowest BCUT2D eigenvalue weighted by molar-refractivity contribution is -0.0658. The van der Waals surface area contributed by atoms with E-state index >= 15 is 0 Å². The van der Waals surface area contributed by atoms with Gasteiger partial charge < -0.3 is 14.7 Å². The zero-order valence-electron chi connectivity index (χ0n) is 16.5. The maximum atomic E-state index is 14.5. The van der Waals surface area contributed by atoms with Gasteiger partial charge >= 0.3 is 0 Å². The van der Waals surface area contributed by atoms with Crippen LogP contribution in [0.3, 0.4) is 0 Å². The zero-order valence-corrected chi connectivity index (χ0v) is 17.4. The van der Waals surface area contributed by atoms with E-state index in [0.717, 1.165) is 44.9 Å². The fourth-order valence-corrected chi connectivity index (χ4v) is 11.8. The second-order valence-corrected chi connectivity index (χ2v) is 13.1. The Morgan fingerprint density at radius 1 is 0.667 bits per heavy atom. The molecule has 0 aromatic carbocycles. The molecule has 5 rings (SSSR count). The third kappa shape index (κ3) is 3.09. The molecule has 0 spiro atoms. The fourth-order valence-electron chi connectivity index (χ4n) is 7.74. The molecule has 0 aromatic rings. The molecule has 1 heterocycles. The van der Waals surface area contributed by atoms with Crippen LogP contribution in [0.15, 0.2) is 0 Å². The van der Waals surface area contributed by atoms with Gasteiger partial charge in [-0.1, -0.05) is 38.5 Å². The largest absolute Gasteiger partial charge is 0.393 e. The third-order valence-electron chi connectivity index (χ3n) is 8.99. The summed E-state index contributed by atoms with van der Waals surface area (Å²) >= 11 is 0. The Morgan fingerprint density at radius 3 is 2.04 bits per heavy atom. The lowest BCUT2D eigenvalue weighted by Crippen LogP contribution is -2.54. The van der Waals surface area contributed by atoms with Crippen molar-refractivity contribution in [3.05, 3.63) is 0 Å². The number of hydrogen-bond acceptors (Lipinski definition) is 4. The summed E-state index contributed by atoms with van der Waals surface area (Å²) in [5.74, 6) is 1.43. The van der Waals surface area contributed by atoms with Gasteiger partial charge in [0.05, 0.1) is 24.0 Å². The van der Waals surface area contributed by atoms with E-state index < -0.39 is 19.6 Å². The highest BCUT2D eigenvalue weighted by atomic mass is 31.2. The van der Waals surface area contributed by atoms with Crippen molar-refractivity contribution in [3.8, 4) is 0 Å². The molecule has 4 nitrogen and oxygen atoms in total. The molecule has 0 amide bonds. The Morgan fingerprint density at radius 2 is 1.26 bits per heavy atom. The molecule has 1 saturated heterocycles. The minimum atomic E-state index is -2.98. The van der Waals surface area contributed by atoms with Crippen molar-refractivity contribution in [2.45, 2.75) is 113 Å². The summed E-state index contributed by atoms with van der Waals surface area (Å²) in [5, 5.41) is 22.2. The molecule has 0 aromatic heterocycles. The lowest BCUT2D eigenvalue weighted by Gasteiger charge is -2.55. The van der Waals surface area contributed by atoms with Gasteiger partial charge in [-0.2, -0.15) is 0 Å². The highest BCUT2D eigenvalue weighted by Gasteiger charge is 2.60. The summed E-state index contributed by atoms with van der Waals surface area (Å²) in [6.07, 6.45) is 13.2. The van der Waals surface area contributed by atoms with E-state index in [4.69, 9.17) is 4.52 Å². The first kappa shape index (κ1) is 19.1. The summed E-state index contributed by atoms with van der Waals surface area (Å²) in [4.78, 5) is 0. The minimum Gasteiger partial charge on any atom is -0.393 e. The number of rotatable bonds is 1. The van der Waals surface area contributed by atoms with Crippen molar-refractivity contribution in [1.82, 2.24) is 0 Å². The number of aliphatic hydroxyl groups is 2. The maximum absolute atomic E-state index is 14.5. The monoisotopic (exact) mass is 396 g/mol. The summed E-state index contributed by atoms with van der Waals surface area (Å²) in [6.45, 7) is 0. The Bertz CT molecular complexity index is 595. The van der Waals surface area contributed by atoms with Crippen molar-refractivity contribution < 1.29 is 19.3 Å². The topological polar surface area (TPSA) is 66.8 Å². The van der Waals surface area contributed by atoms with E-state index in [2.05, 4.69) is 0 Å². The van der Waals surface area contributed by atoms with Crippen molar-refractivity contribution >= 4 is 7.37 Å². The second-order valence-electron chi connectivity index (χ2n) is 10.2. The first-order chi connectivity index (χ1) is 13.1. The maximum Gasteiger partial charge on any atom is 0.212 e. The summed E-state index contributed by atoms with van der Waals surface area (Å²) in [5.41, 5.74) is -0.196. The molecule has 27 heavy (non-hydrogen) atoms. The van der Waals surface area contributed by atoms with E-state index in [9.17, 15) is 14.8 Å². The molecular formula is C22H37O4P. The van der Waals surface area contributed by atoms with Crippen LogP contribution < -0.4 is 0 Å². The molecule has 2 N–H and O–H groups in total. The van der Waals surface area contributed by atoms with Gasteiger partial charge in [-0.3, -0.25) is 4.57 Å². The molecule has 0 bridgehead atoms. The van der Waals surface area contributed by atoms with Crippen LogP contribution in [-0.4, -0.2) is 39.8 Å². The second kappa shape index (κ2) is 7.42. The molecule has 10 atom stereocenters. The molecule has 1 aliphatic heterocycles. The smallest absolute Gasteiger partial charge is 0.212 e. The first-order valence-electron chi connectivity index (χ1n) is 11.7. The number of aliphatic hydroxyl groups excluding tert-OH is 2. The van der Waals surface area contributed by atoms with Crippen LogP contribution in [0.1, 0.15) is 83.5 Å². The van der Waals surface area contributed by atoms with E-state index in [-0.39, 0.29) is 29.3 Å².